The first kappa shape index (κ1) is 20.3. The van der Waals surface area contributed by atoms with Crippen molar-refractivity contribution < 1.29 is 18.8 Å². The summed E-state index contributed by atoms with van der Waals surface area (Å²) in [5.74, 6) is -0.481. The van der Waals surface area contributed by atoms with Crippen molar-refractivity contribution >= 4 is 5.97 Å². The van der Waals surface area contributed by atoms with Gasteiger partial charge in [-0.25, -0.2) is 0 Å². The highest BCUT2D eigenvalue weighted by atomic mass is 16.5. The number of benzene rings is 1. The number of nitrogens with zero attached hydrogens (tertiary/aromatic N) is 1. The van der Waals surface area contributed by atoms with E-state index in [0.717, 1.165) is 22.9 Å². The molecule has 2 saturated heterocycles. The number of quaternary nitrogens is 1. The van der Waals surface area contributed by atoms with Crippen molar-refractivity contribution in [2.75, 3.05) is 13.7 Å². The van der Waals surface area contributed by atoms with Crippen LogP contribution in [0.2, 0.25) is 0 Å². The quantitative estimate of drug-likeness (QED) is 0.528. The van der Waals surface area contributed by atoms with E-state index in [1.54, 1.807) is 0 Å². The average molecular weight is 375 g/mol. The fourth-order valence-electron chi connectivity index (χ4n) is 5.09. The zero-order chi connectivity index (χ0) is 19.6. The average Bonchev–Trinajstić information content (AvgIpc) is 2.80. The van der Waals surface area contributed by atoms with Crippen LogP contribution in [0, 0.1) is 0 Å². The molecule has 27 heavy (non-hydrogen) atoms. The van der Waals surface area contributed by atoms with E-state index in [0.29, 0.717) is 24.7 Å². The molecule has 0 amide bonds. The number of carbonyl (C=O) groups excluding carboxylic acids is 1. The molecule has 2 bridgehead atoms. The van der Waals surface area contributed by atoms with Gasteiger partial charge in [0.05, 0.1) is 37.9 Å². The summed E-state index contributed by atoms with van der Waals surface area (Å²) in [5.41, 5.74) is 0.977. The lowest BCUT2D eigenvalue weighted by Crippen LogP contribution is -2.62. The molecule has 3 rings (SSSR count). The van der Waals surface area contributed by atoms with E-state index in [4.69, 9.17) is 9.47 Å². The maximum Gasteiger partial charge on any atom is 0.316 e. The first-order chi connectivity index (χ1) is 12.8. The second kappa shape index (κ2) is 8.32. The molecule has 1 aromatic carbocycles. The van der Waals surface area contributed by atoms with Gasteiger partial charge < -0.3 is 14.0 Å². The summed E-state index contributed by atoms with van der Waals surface area (Å²) >= 11 is 0. The minimum absolute atomic E-state index is 0.0465. The van der Waals surface area contributed by atoms with Crippen LogP contribution in [0.4, 0.5) is 0 Å². The molecule has 0 radical (unpaired) electrons. The van der Waals surface area contributed by atoms with Gasteiger partial charge in [0.1, 0.15) is 12.0 Å². The Morgan fingerprint density at radius 2 is 1.67 bits per heavy atom. The van der Waals surface area contributed by atoms with Crippen molar-refractivity contribution in [1.82, 2.24) is 0 Å². The van der Waals surface area contributed by atoms with Crippen LogP contribution < -0.4 is 0 Å². The minimum Gasteiger partial charge on any atom is -0.461 e. The number of esters is 1. The van der Waals surface area contributed by atoms with E-state index in [-0.39, 0.29) is 24.1 Å². The zero-order valence-corrected chi connectivity index (χ0v) is 17.6. The Labute approximate surface area is 164 Å². The molecule has 0 aromatic heterocycles. The number of rotatable bonds is 7. The van der Waals surface area contributed by atoms with Gasteiger partial charge in [-0.3, -0.25) is 4.79 Å². The van der Waals surface area contributed by atoms with E-state index >= 15 is 0 Å². The minimum atomic E-state index is -0.348. The lowest BCUT2D eigenvalue weighted by Gasteiger charge is -2.49. The molecule has 150 valence electrons. The van der Waals surface area contributed by atoms with Gasteiger partial charge in [-0.2, -0.15) is 0 Å². The van der Waals surface area contributed by atoms with Crippen molar-refractivity contribution in [3.63, 3.8) is 0 Å². The van der Waals surface area contributed by atoms with Crippen molar-refractivity contribution in [3.8, 4) is 0 Å². The van der Waals surface area contributed by atoms with Gasteiger partial charge in [0, 0.05) is 25.7 Å². The second-order valence-electron chi connectivity index (χ2n) is 9.08. The van der Waals surface area contributed by atoms with Gasteiger partial charge in [-0.05, 0) is 33.3 Å². The molecule has 0 N–H and O–H groups in total. The molecule has 3 unspecified atom stereocenters. The Balaban J connectivity index is 1.68. The summed E-state index contributed by atoms with van der Waals surface area (Å²) in [6.45, 7) is 9.02. The highest BCUT2D eigenvalue weighted by Gasteiger charge is 2.53. The molecule has 4 heteroatoms. The monoisotopic (exact) mass is 374 g/mol. The van der Waals surface area contributed by atoms with E-state index in [1.165, 1.54) is 12.8 Å². The maximum atomic E-state index is 13.0. The lowest BCUT2D eigenvalue weighted by molar-refractivity contribution is -0.968. The fourth-order valence-corrected chi connectivity index (χ4v) is 5.09. The summed E-state index contributed by atoms with van der Waals surface area (Å²) in [6.07, 6.45) is 4.63. The molecule has 2 aliphatic rings. The highest BCUT2D eigenvalue weighted by Crippen LogP contribution is 2.44. The van der Waals surface area contributed by atoms with Crippen LogP contribution in [0.1, 0.15) is 64.9 Å². The Morgan fingerprint density at radius 3 is 2.19 bits per heavy atom. The van der Waals surface area contributed by atoms with Crippen molar-refractivity contribution in [2.45, 2.75) is 89.6 Å². The second-order valence-corrected chi connectivity index (χ2v) is 9.08. The molecule has 2 heterocycles. The Hall–Kier alpha value is -1.39. The molecule has 4 nitrogen and oxygen atoms in total. The number of hydrogen-bond donors (Lipinski definition) is 0. The topological polar surface area (TPSA) is 35.5 Å². The molecular weight excluding hydrogens is 338 g/mol. The van der Waals surface area contributed by atoms with Crippen molar-refractivity contribution in [1.29, 1.82) is 0 Å². The third-order valence-corrected chi connectivity index (χ3v) is 6.95. The molecule has 0 saturated carbocycles. The summed E-state index contributed by atoms with van der Waals surface area (Å²) < 4.78 is 13.0. The summed E-state index contributed by atoms with van der Waals surface area (Å²) in [6, 6.07) is 11.7. The third-order valence-electron chi connectivity index (χ3n) is 6.95. The van der Waals surface area contributed by atoms with E-state index in [2.05, 4.69) is 20.9 Å². The van der Waals surface area contributed by atoms with Crippen LogP contribution in [-0.2, 0) is 14.3 Å². The van der Waals surface area contributed by atoms with Crippen molar-refractivity contribution in [3.05, 3.63) is 35.9 Å². The summed E-state index contributed by atoms with van der Waals surface area (Å²) in [4.78, 5) is 13.0. The highest BCUT2D eigenvalue weighted by molar-refractivity contribution is 5.78. The maximum absolute atomic E-state index is 13.0. The first-order valence-electron chi connectivity index (χ1n) is 10.5. The summed E-state index contributed by atoms with van der Waals surface area (Å²) in [7, 11) is 2.40. The SMILES string of the molecule is CC(C)OCC(C(=O)OC1CC2CCC(C1)[N+]2(C)C(C)C)c1ccccc1. The van der Waals surface area contributed by atoms with E-state index < -0.39 is 0 Å². The van der Waals surface area contributed by atoms with Gasteiger partial charge in [0.15, 0.2) is 0 Å². The molecule has 3 atom stereocenters. The van der Waals surface area contributed by atoms with Crippen LogP contribution in [0.3, 0.4) is 0 Å². The van der Waals surface area contributed by atoms with Crippen LogP contribution in [0.15, 0.2) is 30.3 Å². The normalized spacial score (nSPS) is 31.3. The number of piperidine rings is 1. The van der Waals surface area contributed by atoms with Gasteiger partial charge >= 0.3 is 5.97 Å². The largest absolute Gasteiger partial charge is 0.461 e. The molecule has 0 spiro atoms. The van der Waals surface area contributed by atoms with Crippen molar-refractivity contribution in [2.24, 2.45) is 0 Å². The Kier molecular flexibility index (Phi) is 6.27. The first-order valence-corrected chi connectivity index (χ1v) is 10.5. The molecule has 1 aromatic rings. The number of hydrogen-bond acceptors (Lipinski definition) is 3. The van der Waals surface area contributed by atoms with Gasteiger partial charge in [0.25, 0.3) is 0 Å². The van der Waals surface area contributed by atoms with Gasteiger partial charge in [-0.15, -0.1) is 0 Å². The summed E-state index contributed by atoms with van der Waals surface area (Å²) in [5, 5.41) is 0. The number of fused-ring (bicyclic) bond motifs is 2. The van der Waals surface area contributed by atoms with Gasteiger partial charge in [-0.1, -0.05) is 30.3 Å². The predicted molar refractivity (Wildman–Crippen MR) is 108 cm³/mol. The Morgan fingerprint density at radius 1 is 1.07 bits per heavy atom. The van der Waals surface area contributed by atoms with Gasteiger partial charge in [0.2, 0.25) is 0 Å². The van der Waals surface area contributed by atoms with Crippen LogP contribution in [0.5, 0.6) is 0 Å². The zero-order valence-electron chi connectivity index (χ0n) is 17.6. The van der Waals surface area contributed by atoms with E-state index in [1.807, 2.05) is 44.2 Å². The molecule has 0 aliphatic carbocycles. The molecule has 2 aliphatic heterocycles. The predicted octanol–water partition coefficient (Wildman–Crippen LogP) is 4.29. The fraction of sp³-hybridized carbons (Fsp3) is 0.696. The van der Waals surface area contributed by atoms with Crippen LogP contribution >= 0.6 is 0 Å². The lowest BCUT2D eigenvalue weighted by atomic mass is 9.94. The number of ether oxygens (including phenoxy) is 2. The smallest absolute Gasteiger partial charge is 0.316 e. The van der Waals surface area contributed by atoms with Crippen LogP contribution in [0.25, 0.3) is 0 Å². The molecule has 2 fully saturated rings. The third kappa shape index (κ3) is 4.22. The van der Waals surface area contributed by atoms with E-state index in [9.17, 15) is 4.79 Å². The van der Waals surface area contributed by atoms with Crippen LogP contribution in [-0.4, -0.2) is 54.4 Å². The molecular formula is C23H36NO3+. The standard InChI is InChI=1S/C23H36NO3/c1-16(2)24(5)19-11-12-20(24)14-21(13-19)27-23(25)22(15-26-17(3)4)18-9-7-6-8-10-18/h6-10,16-17,19-22H,11-15H2,1-5H3/q+1. The number of carbonyl (C=O) groups is 1. The Bertz CT molecular complexity index is 614.